The van der Waals surface area contributed by atoms with Crippen LogP contribution in [0.3, 0.4) is 0 Å². The average Bonchev–Trinajstić information content (AvgIpc) is 2.83. The number of hydrogen-bond acceptors (Lipinski definition) is 7. The predicted molar refractivity (Wildman–Crippen MR) is 85.0 cm³/mol. The minimum atomic E-state index is -5.04. The average molecular weight is 393 g/mol. The van der Waals surface area contributed by atoms with Crippen molar-refractivity contribution in [3.8, 4) is 0 Å². The highest BCUT2D eigenvalue weighted by atomic mass is 31.2. The number of carbonyl (C=O) groups excluding carboxylic acids is 2. The fraction of sp³-hybridized carbons (Fsp3) is 0.385. The van der Waals surface area contributed by atoms with E-state index in [1.807, 2.05) is 0 Å². The first-order valence-corrected chi connectivity index (χ1v) is 10.1. The van der Waals surface area contributed by atoms with Crippen molar-refractivity contribution in [2.75, 3.05) is 20.8 Å². The zero-order valence-electron chi connectivity index (χ0n) is 13.4. The molecule has 2 rings (SSSR count). The van der Waals surface area contributed by atoms with Gasteiger partial charge in [0.05, 0.1) is 11.1 Å². The SMILES string of the molecule is COP(=O)(O)C(O)(CCN1C(=O)c2ccccc2C1=O)P(=O)(O)OC. The minimum Gasteiger partial charge on any atom is -0.367 e. The molecule has 0 fully saturated rings. The van der Waals surface area contributed by atoms with Crippen LogP contribution < -0.4 is 0 Å². The van der Waals surface area contributed by atoms with Gasteiger partial charge in [-0.2, -0.15) is 0 Å². The van der Waals surface area contributed by atoms with Crippen molar-refractivity contribution in [3.63, 3.8) is 0 Å². The Labute approximate surface area is 143 Å². The van der Waals surface area contributed by atoms with E-state index in [1.165, 1.54) is 12.1 Å². The van der Waals surface area contributed by atoms with Crippen LogP contribution in [0.15, 0.2) is 24.3 Å². The van der Waals surface area contributed by atoms with Gasteiger partial charge in [0.2, 0.25) is 0 Å². The van der Waals surface area contributed by atoms with E-state index in [4.69, 9.17) is 0 Å². The molecule has 2 unspecified atom stereocenters. The van der Waals surface area contributed by atoms with Crippen LogP contribution in [0.2, 0.25) is 0 Å². The molecule has 25 heavy (non-hydrogen) atoms. The predicted octanol–water partition coefficient (Wildman–Crippen LogP) is 0.982. The Bertz CT molecular complexity index is 749. The third-order valence-corrected chi connectivity index (χ3v) is 8.71. The van der Waals surface area contributed by atoms with E-state index < -0.39 is 45.1 Å². The summed E-state index contributed by atoms with van der Waals surface area (Å²) in [5.74, 6) is -1.36. The number of rotatable bonds is 7. The number of aliphatic hydroxyl groups is 1. The molecule has 1 aromatic carbocycles. The largest absolute Gasteiger partial charge is 0.371 e. The van der Waals surface area contributed by atoms with Crippen LogP contribution in [-0.2, 0) is 18.2 Å². The van der Waals surface area contributed by atoms with Gasteiger partial charge in [0, 0.05) is 27.2 Å². The van der Waals surface area contributed by atoms with Gasteiger partial charge in [-0.1, -0.05) is 12.1 Å². The van der Waals surface area contributed by atoms with Crippen molar-refractivity contribution < 1.29 is 42.7 Å². The van der Waals surface area contributed by atoms with Crippen LogP contribution in [0.4, 0.5) is 0 Å². The van der Waals surface area contributed by atoms with Gasteiger partial charge >= 0.3 is 15.2 Å². The lowest BCUT2D eigenvalue weighted by molar-refractivity contribution is 0.0593. The first-order chi connectivity index (χ1) is 11.5. The summed E-state index contributed by atoms with van der Waals surface area (Å²) < 4.78 is 32.7. The molecule has 0 aromatic heterocycles. The van der Waals surface area contributed by atoms with Crippen LogP contribution in [0.1, 0.15) is 27.1 Å². The van der Waals surface area contributed by atoms with Crippen molar-refractivity contribution in [1.29, 1.82) is 0 Å². The smallest absolute Gasteiger partial charge is 0.367 e. The molecule has 138 valence electrons. The second-order valence-electron chi connectivity index (χ2n) is 5.24. The molecule has 2 atom stereocenters. The molecule has 0 spiro atoms. The fourth-order valence-corrected chi connectivity index (χ4v) is 5.56. The third kappa shape index (κ3) is 3.11. The van der Waals surface area contributed by atoms with E-state index in [9.17, 15) is 33.6 Å². The lowest BCUT2D eigenvalue weighted by Gasteiger charge is -2.33. The Morgan fingerprint density at radius 1 is 1.00 bits per heavy atom. The molecular formula is C13H17NO9P2. The quantitative estimate of drug-likeness (QED) is 0.455. The van der Waals surface area contributed by atoms with Crippen LogP contribution >= 0.6 is 15.2 Å². The third-order valence-electron chi connectivity index (χ3n) is 3.95. The van der Waals surface area contributed by atoms with E-state index in [2.05, 4.69) is 9.05 Å². The number of imide groups is 1. The van der Waals surface area contributed by atoms with Gasteiger partial charge in [0.25, 0.3) is 16.9 Å². The van der Waals surface area contributed by atoms with Crippen LogP contribution in [0.5, 0.6) is 0 Å². The Kier molecular flexibility index (Phi) is 5.37. The summed E-state index contributed by atoms with van der Waals surface area (Å²) in [6.45, 7) is -0.593. The van der Waals surface area contributed by atoms with Gasteiger partial charge in [-0.05, 0) is 12.1 Å². The zero-order chi connectivity index (χ0) is 19.0. The van der Waals surface area contributed by atoms with E-state index in [0.717, 1.165) is 14.2 Å². The molecule has 1 aliphatic rings. The molecule has 10 nitrogen and oxygen atoms in total. The maximum atomic E-state index is 12.3. The molecule has 1 aliphatic heterocycles. The normalized spacial score (nSPS) is 21.4. The summed E-state index contributed by atoms with van der Waals surface area (Å²) in [5.41, 5.74) is 0.266. The van der Waals surface area contributed by atoms with E-state index in [-0.39, 0.29) is 11.1 Å². The molecule has 2 amide bonds. The number of benzene rings is 1. The second-order valence-corrected chi connectivity index (χ2v) is 9.88. The monoisotopic (exact) mass is 393 g/mol. The Morgan fingerprint density at radius 3 is 1.76 bits per heavy atom. The number of hydrogen-bond donors (Lipinski definition) is 3. The number of nitrogens with zero attached hydrogens (tertiary/aromatic N) is 1. The van der Waals surface area contributed by atoms with Gasteiger partial charge in [0.1, 0.15) is 0 Å². The standard InChI is InChI=1S/C13H17NO9P2/c1-22-24(18,19)13(17,25(20,21)23-2)7-8-14-11(15)9-5-3-4-6-10(9)12(14)16/h3-6,17H,7-8H2,1-2H3,(H,18,19)(H,20,21). The van der Waals surface area contributed by atoms with Crippen molar-refractivity contribution in [2.24, 2.45) is 0 Å². The molecule has 3 N–H and O–H groups in total. The highest BCUT2D eigenvalue weighted by Gasteiger charge is 2.61. The first-order valence-electron chi connectivity index (χ1n) is 6.97. The Hall–Kier alpha value is -1.38. The van der Waals surface area contributed by atoms with Gasteiger partial charge in [-0.15, -0.1) is 0 Å². The topological polar surface area (TPSA) is 151 Å². The lowest BCUT2D eigenvalue weighted by Crippen LogP contribution is -2.38. The molecule has 1 heterocycles. The van der Waals surface area contributed by atoms with Crippen LogP contribution in [0, 0.1) is 0 Å². The van der Waals surface area contributed by atoms with Gasteiger partial charge < -0.3 is 23.9 Å². The molecule has 0 radical (unpaired) electrons. The number of carbonyl (C=O) groups is 2. The Morgan fingerprint density at radius 2 is 1.40 bits per heavy atom. The van der Waals surface area contributed by atoms with E-state index in [0.29, 0.717) is 4.90 Å². The van der Waals surface area contributed by atoms with Crippen molar-refractivity contribution in [3.05, 3.63) is 35.4 Å². The molecule has 1 aromatic rings. The maximum Gasteiger partial charge on any atom is 0.371 e. The highest BCUT2D eigenvalue weighted by molar-refractivity contribution is 7.72. The first kappa shape index (κ1) is 19.9. The summed E-state index contributed by atoms with van der Waals surface area (Å²) in [4.78, 5) is 44.8. The summed E-state index contributed by atoms with van der Waals surface area (Å²) in [5, 5.41) is 7.18. The summed E-state index contributed by atoms with van der Waals surface area (Å²) in [6.07, 6.45) is -0.901. The molecule has 0 saturated heterocycles. The zero-order valence-corrected chi connectivity index (χ0v) is 15.1. The van der Waals surface area contributed by atoms with E-state index in [1.54, 1.807) is 12.1 Å². The molecule has 0 saturated carbocycles. The lowest BCUT2D eigenvalue weighted by atomic mass is 10.1. The van der Waals surface area contributed by atoms with Gasteiger partial charge in [-0.3, -0.25) is 23.6 Å². The van der Waals surface area contributed by atoms with Crippen molar-refractivity contribution in [1.82, 2.24) is 4.90 Å². The van der Waals surface area contributed by atoms with E-state index >= 15 is 0 Å². The minimum absolute atomic E-state index is 0.133. The van der Waals surface area contributed by atoms with Gasteiger partial charge in [0.15, 0.2) is 0 Å². The fourth-order valence-electron chi connectivity index (χ4n) is 2.44. The van der Waals surface area contributed by atoms with Gasteiger partial charge in [-0.25, -0.2) is 0 Å². The summed E-state index contributed by atoms with van der Waals surface area (Å²) in [6, 6.07) is 5.98. The second kappa shape index (κ2) is 6.74. The molecule has 0 bridgehead atoms. The molecule has 0 aliphatic carbocycles. The molecular weight excluding hydrogens is 376 g/mol. The van der Waals surface area contributed by atoms with Crippen LogP contribution in [0.25, 0.3) is 0 Å². The highest BCUT2D eigenvalue weighted by Crippen LogP contribution is 2.73. The maximum absolute atomic E-state index is 12.3. The summed E-state index contributed by atoms with van der Waals surface area (Å²) >= 11 is 0. The number of amides is 2. The van der Waals surface area contributed by atoms with Crippen molar-refractivity contribution >= 4 is 27.0 Å². The number of fused-ring (bicyclic) bond motifs is 1. The van der Waals surface area contributed by atoms with Crippen molar-refractivity contribution in [2.45, 2.75) is 11.5 Å². The molecule has 12 heteroatoms. The van der Waals surface area contributed by atoms with Crippen LogP contribution in [-0.4, -0.2) is 57.5 Å². The Balaban J connectivity index is 2.32. The summed E-state index contributed by atoms with van der Waals surface area (Å²) in [7, 11) is -8.54.